The van der Waals surface area contributed by atoms with Gasteiger partial charge in [0.1, 0.15) is 17.3 Å². The number of hydrogen-bond donors (Lipinski definition) is 3. The highest BCUT2D eigenvalue weighted by atomic mass is 16.3. The Kier molecular flexibility index (Phi) is 3.23. The van der Waals surface area contributed by atoms with Crippen LogP contribution in [-0.2, 0) is 0 Å². The maximum absolute atomic E-state index is 9.37. The third-order valence-corrected chi connectivity index (χ3v) is 3.28. The Morgan fingerprint density at radius 3 is 2.88 bits per heavy atom. The average Bonchev–Trinajstić information content (AvgIpc) is 2.70. The van der Waals surface area contributed by atoms with E-state index < -0.39 is 0 Å². The molecule has 0 amide bonds. The summed E-state index contributed by atoms with van der Waals surface area (Å²) in [6.07, 6.45) is 4.15. The highest BCUT2D eigenvalue weighted by Gasteiger charge is 2.31. The van der Waals surface area contributed by atoms with Crippen LogP contribution in [0.5, 0.6) is 0 Å². The van der Waals surface area contributed by atoms with Crippen molar-refractivity contribution in [1.29, 1.82) is 5.41 Å². The zero-order valence-electron chi connectivity index (χ0n) is 9.80. The number of aliphatic hydroxyl groups is 1. The molecule has 1 aliphatic heterocycles. The van der Waals surface area contributed by atoms with Crippen molar-refractivity contribution in [3.8, 4) is 0 Å². The van der Waals surface area contributed by atoms with E-state index in [0.717, 1.165) is 18.8 Å². The fourth-order valence-electron chi connectivity index (χ4n) is 2.18. The topological polar surface area (TPSA) is 99.1 Å². The molecule has 2 atom stereocenters. The molecule has 17 heavy (non-hydrogen) atoms. The van der Waals surface area contributed by atoms with Crippen LogP contribution >= 0.6 is 0 Å². The van der Waals surface area contributed by atoms with Crippen LogP contribution in [0, 0.1) is 11.3 Å². The average molecular weight is 235 g/mol. The first-order valence-electron chi connectivity index (χ1n) is 5.67. The van der Waals surface area contributed by atoms with E-state index in [4.69, 9.17) is 11.1 Å². The second-order valence-corrected chi connectivity index (χ2v) is 4.38. The van der Waals surface area contributed by atoms with Gasteiger partial charge < -0.3 is 15.7 Å². The van der Waals surface area contributed by atoms with Gasteiger partial charge in [-0.1, -0.05) is 6.92 Å². The number of hydrogen-bond acceptors (Lipinski definition) is 5. The maximum Gasteiger partial charge on any atom is 0.147 e. The molecule has 4 N–H and O–H groups in total. The number of nitrogen functional groups attached to an aromatic ring is 1. The molecule has 0 saturated carbocycles. The third kappa shape index (κ3) is 2.21. The first kappa shape index (κ1) is 11.8. The minimum atomic E-state index is -0.0856. The minimum Gasteiger partial charge on any atom is -0.394 e. The molecule has 0 spiro atoms. The summed E-state index contributed by atoms with van der Waals surface area (Å²) >= 11 is 0. The van der Waals surface area contributed by atoms with E-state index >= 15 is 0 Å². The van der Waals surface area contributed by atoms with Gasteiger partial charge in [0.15, 0.2) is 0 Å². The summed E-state index contributed by atoms with van der Waals surface area (Å²) in [6.45, 7) is 3.12. The Labute approximate surface area is 100.0 Å². The predicted octanol–water partition coefficient (Wildman–Crippen LogP) is -0.0322. The van der Waals surface area contributed by atoms with Gasteiger partial charge in [-0.25, -0.2) is 9.97 Å². The Morgan fingerprint density at radius 1 is 1.59 bits per heavy atom. The molecule has 1 aliphatic rings. The molecule has 1 aromatic heterocycles. The number of rotatable bonds is 3. The zero-order chi connectivity index (χ0) is 12.4. The van der Waals surface area contributed by atoms with Gasteiger partial charge >= 0.3 is 0 Å². The van der Waals surface area contributed by atoms with Crippen molar-refractivity contribution in [2.75, 3.05) is 18.1 Å². The van der Waals surface area contributed by atoms with Crippen molar-refractivity contribution >= 4 is 11.7 Å². The fourth-order valence-corrected chi connectivity index (χ4v) is 2.18. The lowest BCUT2D eigenvalue weighted by Crippen LogP contribution is -2.35. The van der Waals surface area contributed by atoms with Crippen molar-refractivity contribution in [3.05, 3.63) is 18.1 Å². The maximum atomic E-state index is 9.37. The summed E-state index contributed by atoms with van der Waals surface area (Å²) in [5.41, 5.74) is 5.70. The molecule has 2 heterocycles. The van der Waals surface area contributed by atoms with Gasteiger partial charge in [0, 0.05) is 6.54 Å². The van der Waals surface area contributed by atoms with Gasteiger partial charge in [-0.15, -0.1) is 0 Å². The molecule has 6 heteroatoms. The van der Waals surface area contributed by atoms with Crippen LogP contribution in [0.4, 0.5) is 5.82 Å². The van der Waals surface area contributed by atoms with E-state index in [0.29, 0.717) is 11.6 Å². The van der Waals surface area contributed by atoms with Gasteiger partial charge in [-0.2, -0.15) is 0 Å². The van der Waals surface area contributed by atoms with E-state index in [1.807, 2.05) is 0 Å². The summed E-state index contributed by atoms with van der Waals surface area (Å²) in [7, 11) is 0. The van der Waals surface area contributed by atoms with Crippen LogP contribution in [-0.4, -0.2) is 40.1 Å². The van der Waals surface area contributed by atoms with Crippen LogP contribution in [0.1, 0.15) is 19.0 Å². The van der Waals surface area contributed by atoms with Crippen molar-refractivity contribution in [1.82, 2.24) is 9.97 Å². The Morgan fingerprint density at radius 2 is 2.35 bits per heavy atom. The zero-order valence-corrected chi connectivity index (χ0v) is 9.80. The van der Waals surface area contributed by atoms with Crippen LogP contribution in [0.2, 0.25) is 0 Å². The first-order valence-corrected chi connectivity index (χ1v) is 5.67. The number of nitrogens with zero attached hydrogens (tertiary/aromatic N) is 3. The molecule has 0 bridgehead atoms. The number of aliphatic hydroxyl groups excluding tert-OH is 1. The number of amidine groups is 1. The normalized spacial score (nSPS) is 24.0. The quantitative estimate of drug-likeness (QED) is 0.504. The standard InChI is InChI=1S/C11H17N5O/c1-7-2-3-16(9(7)6-17)10-5-14-8(4-15-10)11(12)13/h4-5,7,9,17H,2-3,6H2,1H3,(H3,12,13). The molecule has 92 valence electrons. The molecule has 0 aliphatic carbocycles. The van der Waals surface area contributed by atoms with E-state index in [2.05, 4.69) is 21.8 Å². The summed E-state index contributed by atoms with van der Waals surface area (Å²) in [6, 6.07) is 0.104. The van der Waals surface area contributed by atoms with Crippen LogP contribution in [0.15, 0.2) is 12.4 Å². The highest BCUT2D eigenvalue weighted by Crippen LogP contribution is 2.27. The van der Waals surface area contributed by atoms with Gasteiger partial charge in [-0.05, 0) is 12.3 Å². The number of aromatic nitrogens is 2. The van der Waals surface area contributed by atoms with E-state index in [1.54, 1.807) is 6.20 Å². The molecule has 6 nitrogen and oxygen atoms in total. The first-order chi connectivity index (χ1) is 8.13. The molecule has 2 unspecified atom stereocenters. The number of anilines is 1. The van der Waals surface area contributed by atoms with E-state index in [1.165, 1.54) is 6.20 Å². The molecular formula is C11H17N5O. The number of nitrogens with one attached hydrogen (secondary N) is 1. The van der Waals surface area contributed by atoms with Gasteiger partial charge in [0.25, 0.3) is 0 Å². The Balaban J connectivity index is 2.20. The summed E-state index contributed by atoms with van der Waals surface area (Å²) in [4.78, 5) is 10.4. The minimum absolute atomic E-state index is 0.0856. The largest absolute Gasteiger partial charge is 0.394 e. The molecule has 1 saturated heterocycles. The SMILES string of the molecule is CC1CCN(c2cnc(C(=N)N)cn2)C1CO. The second kappa shape index (κ2) is 4.67. The molecule has 1 aromatic rings. The summed E-state index contributed by atoms with van der Waals surface area (Å²) in [5, 5.41) is 16.6. The number of nitrogens with two attached hydrogens (primary N) is 1. The van der Waals surface area contributed by atoms with Crippen molar-refractivity contribution in [3.63, 3.8) is 0 Å². The Hall–Kier alpha value is -1.69. The molecular weight excluding hydrogens is 218 g/mol. The second-order valence-electron chi connectivity index (χ2n) is 4.38. The molecule has 1 fully saturated rings. The smallest absolute Gasteiger partial charge is 0.147 e. The monoisotopic (exact) mass is 235 g/mol. The van der Waals surface area contributed by atoms with Crippen LogP contribution in [0.25, 0.3) is 0 Å². The predicted molar refractivity (Wildman–Crippen MR) is 65.0 cm³/mol. The van der Waals surface area contributed by atoms with Gasteiger partial charge in [0.05, 0.1) is 25.0 Å². The summed E-state index contributed by atoms with van der Waals surface area (Å²) in [5.74, 6) is 1.10. The lowest BCUT2D eigenvalue weighted by atomic mass is 10.0. The van der Waals surface area contributed by atoms with Gasteiger partial charge in [0.2, 0.25) is 0 Å². The van der Waals surface area contributed by atoms with Crippen molar-refractivity contribution in [2.24, 2.45) is 11.7 Å². The Bertz CT molecular complexity index is 405. The van der Waals surface area contributed by atoms with E-state index in [9.17, 15) is 5.11 Å². The molecule has 0 aromatic carbocycles. The third-order valence-electron chi connectivity index (χ3n) is 3.28. The highest BCUT2D eigenvalue weighted by molar-refractivity contribution is 5.92. The summed E-state index contributed by atoms with van der Waals surface area (Å²) < 4.78 is 0. The van der Waals surface area contributed by atoms with Crippen molar-refractivity contribution in [2.45, 2.75) is 19.4 Å². The fraction of sp³-hybridized carbons (Fsp3) is 0.545. The lowest BCUT2D eigenvalue weighted by molar-refractivity contribution is 0.244. The molecule has 0 radical (unpaired) electrons. The van der Waals surface area contributed by atoms with Gasteiger partial charge in [-0.3, -0.25) is 5.41 Å². The van der Waals surface area contributed by atoms with Crippen molar-refractivity contribution < 1.29 is 5.11 Å². The molecule has 2 rings (SSSR count). The lowest BCUT2D eigenvalue weighted by Gasteiger charge is -2.25. The van der Waals surface area contributed by atoms with E-state index in [-0.39, 0.29) is 18.5 Å². The van der Waals surface area contributed by atoms with Crippen LogP contribution in [0.3, 0.4) is 0 Å². The van der Waals surface area contributed by atoms with Crippen LogP contribution < -0.4 is 10.6 Å².